The van der Waals surface area contributed by atoms with Gasteiger partial charge in [-0.05, 0) is 43.2 Å². The molecular formula is C21H21N3O3. The Balaban J connectivity index is 1.69. The third-order valence-corrected chi connectivity index (χ3v) is 4.41. The minimum absolute atomic E-state index is 0.154. The summed E-state index contributed by atoms with van der Waals surface area (Å²) in [5.74, 6) is 2.99. The van der Waals surface area contributed by atoms with Gasteiger partial charge in [0, 0.05) is 17.8 Å². The first-order chi connectivity index (χ1) is 13.1. The lowest BCUT2D eigenvalue weighted by molar-refractivity contribution is -0.121. The highest BCUT2D eigenvalue weighted by atomic mass is 16.5. The Bertz CT molecular complexity index is 888. The molecule has 1 fully saturated rings. The molecule has 6 heteroatoms. The van der Waals surface area contributed by atoms with Crippen molar-refractivity contribution in [2.75, 3.05) is 23.9 Å². The molecular weight excluding hydrogens is 342 g/mol. The van der Waals surface area contributed by atoms with E-state index in [0.29, 0.717) is 35.7 Å². The predicted octanol–water partition coefficient (Wildman–Crippen LogP) is 2.99. The van der Waals surface area contributed by atoms with Gasteiger partial charge in [0.05, 0.1) is 12.8 Å². The van der Waals surface area contributed by atoms with Gasteiger partial charge in [0.2, 0.25) is 5.91 Å². The van der Waals surface area contributed by atoms with Crippen molar-refractivity contribution >= 4 is 23.3 Å². The van der Waals surface area contributed by atoms with E-state index >= 15 is 0 Å². The molecule has 138 valence electrons. The van der Waals surface area contributed by atoms with E-state index in [1.165, 1.54) is 0 Å². The van der Waals surface area contributed by atoms with Crippen molar-refractivity contribution in [2.24, 2.45) is 0 Å². The zero-order chi connectivity index (χ0) is 19.2. The Labute approximate surface area is 158 Å². The van der Waals surface area contributed by atoms with Gasteiger partial charge in [-0.1, -0.05) is 24.1 Å². The first kappa shape index (κ1) is 18.3. The van der Waals surface area contributed by atoms with E-state index in [1.807, 2.05) is 24.3 Å². The molecule has 0 saturated carbocycles. The molecule has 1 saturated heterocycles. The molecule has 6 nitrogen and oxygen atoms in total. The minimum Gasteiger partial charge on any atom is -0.495 e. The van der Waals surface area contributed by atoms with Gasteiger partial charge >= 0.3 is 6.03 Å². The lowest BCUT2D eigenvalue weighted by Gasteiger charge is -2.33. The first-order valence-corrected chi connectivity index (χ1v) is 8.71. The van der Waals surface area contributed by atoms with Crippen LogP contribution in [0.25, 0.3) is 0 Å². The number of amides is 3. The van der Waals surface area contributed by atoms with Crippen LogP contribution < -0.4 is 20.3 Å². The van der Waals surface area contributed by atoms with E-state index in [2.05, 4.69) is 16.6 Å². The number of methoxy groups -OCH3 is 1. The number of carbonyl (C=O) groups is 2. The number of nitrogens with zero attached hydrogens (tertiary/aromatic N) is 1. The third-order valence-electron chi connectivity index (χ3n) is 4.41. The summed E-state index contributed by atoms with van der Waals surface area (Å²) in [6.45, 7) is 0.587. The summed E-state index contributed by atoms with van der Waals surface area (Å²) in [6, 6.07) is 13.3. The summed E-state index contributed by atoms with van der Waals surface area (Å²) >= 11 is 0. The van der Waals surface area contributed by atoms with Crippen molar-refractivity contribution < 1.29 is 14.3 Å². The topological polar surface area (TPSA) is 70.7 Å². The second kappa shape index (κ2) is 8.28. The fourth-order valence-electron chi connectivity index (χ4n) is 3.11. The number of rotatable bonds is 4. The van der Waals surface area contributed by atoms with Gasteiger partial charge in [-0.3, -0.25) is 4.79 Å². The minimum atomic E-state index is -0.598. The highest BCUT2D eigenvalue weighted by molar-refractivity contribution is 6.02. The molecule has 0 aliphatic carbocycles. The number of terminal acetylenes is 1. The molecule has 27 heavy (non-hydrogen) atoms. The van der Waals surface area contributed by atoms with Crippen molar-refractivity contribution in [3.8, 4) is 18.1 Å². The summed E-state index contributed by atoms with van der Waals surface area (Å²) in [7, 11) is 1.57. The molecule has 2 aromatic carbocycles. The van der Waals surface area contributed by atoms with Gasteiger partial charge in [-0.2, -0.15) is 0 Å². The van der Waals surface area contributed by atoms with Gasteiger partial charge in [0.15, 0.2) is 0 Å². The van der Waals surface area contributed by atoms with E-state index in [4.69, 9.17) is 11.2 Å². The molecule has 0 radical (unpaired) electrons. The molecule has 0 bridgehead atoms. The van der Waals surface area contributed by atoms with Crippen LogP contribution >= 0.6 is 0 Å². The molecule has 2 N–H and O–H groups in total. The van der Waals surface area contributed by atoms with E-state index in [-0.39, 0.29) is 5.91 Å². The molecule has 0 unspecified atom stereocenters. The maximum atomic E-state index is 12.9. The number of hydrogen-bond acceptors (Lipinski definition) is 3. The van der Waals surface area contributed by atoms with E-state index in [9.17, 15) is 9.59 Å². The summed E-state index contributed by atoms with van der Waals surface area (Å²) in [4.78, 5) is 26.9. The van der Waals surface area contributed by atoms with Crippen LogP contribution in [0.15, 0.2) is 48.5 Å². The summed E-state index contributed by atoms with van der Waals surface area (Å²) in [5.41, 5.74) is 1.95. The van der Waals surface area contributed by atoms with Crippen LogP contribution in [0.5, 0.6) is 5.75 Å². The van der Waals surface area contributed by atoms with E-state index in [1.54, 1.807) is 36.3 Å². The number of piperidine rings is 1. The third kappa shape index (κ3) is 4.21. The van der Waals surface area contributed by atoms with Crippen LogP contribution in [-0.2, 0) is 4.79 Å². The fraction of sp³-hybridized carbons (Fsp3) is 0.238. The predicted molar refractivity (Wildman–Crippen MR) is 105 cm³/mol. The van der Waals surface area contributed by atoms with Crippen molar-refractivity contribution in [3.05, 3.63) is 54.1 Å². The van der Waals surface area contributed by atoms with Gasteiger partial charge in [-0.25, -0.2) is 4.79 Å². The molecule has 2 aromatic rings. The van der Waals surface area contributed by atoms with Gasteiger partial charge < -0.3 is 20.3 Å². The van der Waals surface area contributed by atoms with Crippen molar-refractivity contribution in [3.63, 3.8) is 0 Å². The molecule has 3 amide bonds. The second-order valence-electron chi connectivity index (χ2n) is 6.18. The molecule has 1 heterocycles. The number of anilines is 2. The number of para-hydroxylation sites is 2. The van der Waals surface area contributed by atoms with Crippen molar-refractivity contribution in [1.29, 1.82) is 0 Å². The Hall–Kier alpha value is -3.46. The summed E-state index contributed by atoms with van der Waals surface area (Å²) < 4.78 is 5.35. The van der Waals surface area contributed by atoms with Gasteiger partial charge in [0.25, 0.3) is 0 Å². The standard InChI is InChI=1S/C21H21N3O3/c1-3-15-8-6-9-16(14-15)22-21(26)23-17-10-7-13-24(20(17)25)18-11-4-5-12-19(18)27-2/h1,4-6,8-9,11-12,14,17H,7,10,13H2,2H3,(H2,22,23,26)/t17-/m0/s1. The quantitative estimate of drug-likeness (QED) is 0.821. The SMILES string of the molecule is C#Cc1cccc(NC(=O)N[C@H]2CCCN(c3ccccc3OC)C2=O)c1. The Morgan fingerprint density at radius 1 is 1.26 bits per heavy atom. The van der Waals surface area contributed by atoms with Gasteiger partial charge in [-0.15, -0.1) is 6.42 Å². The van der Waals surface area contributed by atoms with Crippen molar-refractivity contribution in [1.82, 2.24) is 5.32 Å². The number of ether oxygens (including phenoxy) is 1. The lowest BCUT2D eigenvalue weighted by atomic mass is 10.0. The zero-order valence-corrected chi connectivity index (χ0v) is 15.1. The van der Waals surface area contributed by atoms with Crippen LogP contribution in [-0.4, -0.2) is 31.6 Å². The zero-order valence-electron chi connectivity index (χ0n) is 15.1. The average Bonchev–Trinajstić information content (AvgIpc) is 2.69. The molecule has 1 atom stereocenters. The highest BCUT2D eigenvalue weighted by Gasteiger charge is 2.32. The number of nitrogens with one attached hydrogen (secondary N) is 2. The molecule has 0 spiro atoms. The molecule has 1 aliphatic heterocycles. The smallest absolute Gasteiger partial charge is 0.319 e. The van der Waals surface area contributed by atoms with Crippen molar-refractivity contribution in [2.45, 2.75) is 18.9 Å². The molecule has 1 aliphatic rings. The Morgan fingerprint density at radius 3 is 2.85 bits per heavy atom. The lowest BCUT2D eigenvalue weighted by Crippen LogP contribution is -2.53. The van der Waals surface area contributed by atoms with Crippen LogP contribution in [0.2, 0.25) is 0 Å². The first-order valence-electron chi connectivity index (χ1n) is 8.71. The van der Waals surface area contributed by atoms with Crippen LogP contribution in [0.1, 0.15) is 18.4 Å². The Morgan fingerprint density at radius 2 is 2.07 bits per heavy atom. The molecule has 3 rings (SSSR count). The van der Waals surface area contributed by atoms with E-state index in [0.717, 1.165) is 6.42 Å². The number of benzene rings is 2. The van der Waals surface area contributed by atoms with Crippen LogP contribution in [0.4, 0.5) is 16.2 Å². The normalized spacial score (nSPS) is 16.4. The maximum absolute atomic E-state index is 12.9. The largest absolute Gasteiger partial charge is 0.495 e. The maximum Gasteiger partial charge on any atom is 0.319 e. The number of hydrogen-bond donors (Lipinski definition) is 2. The van der Waals surface area contributed by atoms with Crippen LogP contribution in [0, 0.1) is 12.3 Å². The highest BCUT2D eigenvalue weighted by Crippen LogP contribution is 2.30. The monoisotopic (exact) mass is 363 g/mol. The number of urea groups is 1. The summed E-state index contributed by atoms with van der Waals surface area (Å²) in [6.07, 6.45) is 6.74. The average molecular weight is 363 g/mol. The number of carbonyl (C=O) groups excluding carboxylic acids is 2. The van der Waals surface area contributed by atoms with Crippen LogP contribution in [0.3, 0.4) is 0 Å². The van der Waals surface area contributed by atoms with Gasteiger partial charge in [0.1, 0.15) is 11.8 Å². The fourth-order valence-corrected chi connectivity index (χ4v) is 3.11. The summed E-state index contributed by atoms with van der Waals surface area (Å²) in [5, 5.41) is 5.48. The second-order valence-corrected chi connectivity index (χ2v) is 6.18. The Kier molecular flexibility index (Phi) is 5.62. The van der Waals surface area contributed by atoms with E-state index < -0.39 is 12.1 Å². The molecule has 0 aromatic heterocycles.